The number of rotatable bonds is 5. The summed E-state index contributed by atoms with van der Waals surface area (Å²) in [6.45, 7) is 0. The molecule has 2 amide bonds. The number of aromatic nitrogens is 2. The summed E-state index contributed by atoms with van der Waals surface area (Å²) in [5, 5.41) is 15.7. The second kappa shape index (κ2) is 7.49. The Balaban J connectivity index is 1.82. The van der Waals surface area contributed by atoms with Crippen LogP contribution in [0.1, 0.15) is 22.0 Å². The normalized spacial score (nSPS) is 11.6. The van der Waals surface area contributed by atoms with Crippen molar-refractivity contribution in [2.75, 3.05) is 5.73 Å². The molecule has 0 spiro atoms. The van der Waals surface area contributed by atoms with Gasteiger partial charge in [-0.3, -0.25) is 14.8 Å². The van der Waals surface area contributed by atoms with Gasteiger partial charge in [-0.15, -0.1) is 0 Å². The Morgan fingerprint density at radius 3 is 2.35 bits per heavy atom. The number of carbonyl (C=O) groups is 2. The van der Waals surface area contributed by atoms with Crippen LogP contribution in [0.3, 0.4) is 0 Å². The van der Waals surface area contributed by atoms with Crippen molar-refractivity contribution in [3.8, 4) is 5.69 Å². The lowest BCUT2D eigenvalue weighted by atomic mass is 10.0. The molecule has 0 saturated heterocycles. The molecule has 0 saturated carbocycles. The van der Waals surface area contributed by atoms with E-state index in [1.807, 2.05) is 0 Å². The first-order valence-corrected chi connectivity index (χ1v) is 7.79. The Labute approximate surface area is 149 Å². The van der Waals surface area contributed by atoms with Crippen LogP contribution in [0.4, 0.5) is 5.69 Å². The molecule has 5 N–H and O–H groups in total. The first-order chi connectivity index (χ1) is 12.6. The third kappa shape index (κ3) is 3.70. The van der Waals surface area contributed by atoms with E-state index in [2.05, 4.69) is 10.4 Å². The van der Waals surface area contributed by atoms with Gasteiger partial charge in [-0.1, -0.05) is 12.1 Å². The topological polar surface area (TPSA) is 122 Å². The maximum Gasteiger partial charge on any atom is 0.270 e. The number of hydrogen-bond donors (Lipinski definition) is 4. The van der Waals surface area contributed by atoms with Gasteiger partial charge in [0.1, 0.15) is 6.04 Å². The van der Waals surface area contributed by atoms with Gasteiger partial charge < -0.3 is 11.1 Å². The largest absolute Gasteiger partial charge is 0.399 e. The minimum Gasteiger partial charge on any atom is -0.399 e. The molecule has 0 fully saturated rings. The maximum atomic E-state index is 12.4. The minimum absolute atomic E-state index is 0.350. The number of hydroxylamine groups is 1. The number of nitrogens with one attached hydrogen (secondary N) is 2. The summed E-state index contributed by atoms with van der Waals surface area (Å²) in [7, 11) is 0. The Morgan fingerprint density at radius 1 is 1.08 bits per heavy atom. The molecule has 1 aromatic heterocycles. The monoisotopic (exact) mass is 351 g/mol. The van der Waals surface area contributed by atoms with Gasteiger partial charge in [-0.2, -0.15) is 5.10 Å². The third-order valence-electron chi connectivity index (χ3n) is 3.82. The number of nitrogens with two attached hydrogens (primary N) is 1. The smallest absolute Gasteiger partial charge is 0.270 e. The molecule has 0 aliphatic rings. The van der Waals surface area contributed by atoms with E-state index >= 15 is 0 Å². The summed E-state index contributed by atoms with van der Waals surface area (Å²) in [4.78, 5) is 24.4. The SMILES string of the molecule is Nc1ccc(C(=O)N[C@@H](C(=O)NO)c2ccc(-n3cccn3)cc2)cc1. The average molecular weight is 351 g/mol. The van der Waals surface area contributed by atoms with Crippen LogP contribution in [-0.2, 0) is 4.79 Å². The van der Waals surface area contributed by atoms with Crippen LogP contribution in [-0.4, -0.2) is 26.8 Å². The highest BCUT2D eigenvalue weighted by Crippen LogP contribution is 2.17. The fourth-order valence-corrected chi connectivity index (χ4v) is 2.45. The highest BCUT2D eigenvalue weighted by Gasteiger charge is 2.23. The summed E-state index contributed by atoms with van der Waals surface area (Å²) in [6.07, 6.45) is 3.44. The van der Waals surface area contributed by atoms with Gasteiger partial charge in [-0.05, 0) is 48.0 Å². The molecule has 2 aromatic carbocycles. The number of anilines is 1. The molecule has 1 heterocycles. The molecular weight excluding hydrogens is 334 g/mol. The molecule has 0 aliphatic heterocycles. The number of hydrogen-bond acceptors (Lipinski definition) is 5. The predicted molar refractivity (Wildman–Crippen MR) is 94.6 cm³/mol. The Morgan fingerprint density at radius 2 is 1.77 bits per heavy atom. The summed E-state index contributed by atoms with van der Waals surface area (Å²) < 4.78 is 1.66. The number of nitrogens with zero attached hydrogens (tertiary/aromatic N) is 2. The lowest BCUT2D eigenvalue weighted by Gasteiger charge is -2.17. The first-order valence-electron chi connectivity index (χ1n) is 7.79. The van der Waals surface area contributed by atoms with E-state index in [-0.39, 0.29) is 0 Å². The van der Waals surface area contributed by atoms with Crippen molar-refractivity contribution >= 4 is 17.5 Å². The van der Waals surface area contributed by atoms with E-state index < -0.39 is 17.9 Å². The number of carbonyl (C=O) groups excluding carboxylic acids is 2. The van der Waals surface area contributed by atoms with Crippen molar-refractivity contribution in [2.45, 2.75) is 6.04 Å². The van der Waals surface area contributed by atoms with E-state index in [1.165, 1.54) is 0 Å². The zero-order valence-corrected chi connectivity index (χ0v) is 13.7. The Bertz CT molecular complexity index is 890. The average Bonchev–Trinajstić information content (AvgIpc) is 3.21. The fourth-order valence-electron chi connectivity index (χ4n) is 2.45. The molecule has 0 radical (unpaired) electrons. The zero-order valence-electron chi connectivity index (χ0n) is 13.7. The summed E-state index contributed by atoms with van der Waals surface area (Å²) in [6, 6.07) is 13.9. The molecule has 132 valence electrons. The van der Waals surface area contributed by atoms with E-state index in [4.69, 9.17) is 10.9 Å². The second-order valence-electron chi connectivity index (χ2n) is 5.55. The van der Waals surface area contributed by atoms with Crippen molar-refractivity contribution in [1.29, 1.82) is 0 Å². The van der Waals surface area contributed by atoms with E-state index in [1.54, 1.807) is 77.2 Å². The first kappa shape index (κ1) is 17.2. The summed E-state index contributed by atoms with van der Waals surface area (Å²) >= 11 is 0. The van der Waals surface area contributed by atoms with Crippen LogP contribution in [0.2, 0.25) is 0 Å². The lowest BCUT2D eigenvalue weighted by Crippen LogP contribution is -2.39. The van der Waals surface area contributed by atoms with Crippen LogP contribution in [0, 0.1) is 0 Å². The van der Waals surface area contributed by atoms with Gasteiger partial charge >= 0.3 is 0 Å². The maximum absolute atomic E-state index is 12.4. The summed E-state index contributed by atoms with van der Waals surface area (Å²) in [5.74, 6) is -1.21. The van der Waals surface area contributed by atoms with Gasteiger partial charge in [0.2, 0.25) is 0 Å². The van der Waals surface area contributed by atoms with Gasteiger partial charge in [-0.25, -0.2) is 10.2 Å². The van der Waals surface area contributed by atoms with Crippen LogP contribution >= 0.6 is 0 Å². The van der Waals surface area contributed by atoms with Gasteiger partial charge in [0.15, 0.2) is 0 Å². The van der Waals surface area contributed by atoms with Gasteiger partial charge in [0.25, 0.3) is 11.8 Å². The third-order valence-corrected chi connectivity index (χ3v) is 3.82. The van der Waals surface area contributed by atoms with Crippen LogP contribution in [0.5, 0.6) is 0 Å². The molecule has 3 aromatic rings. The molecule has 0 aliphatic carbocycles. The standard InChI is InChI=1S/C18H17N5O3/c19-14-6-2-13(3-7-14)17(24)21-16(18(25)22-26)12-4-8-15(9-5-12)23-11-1-10-20-23/h1-11,16,26H,19H2,(H,21,24)(H,22,25)/t16-/m1/s1. The minimum atomic E-state index is -1.06. The predicted octanol–water partition coefficient (Wildman–Crippen LogP) is 1.43. The molecule has 8 nitrogen and oxygen atoms in total. The van der Waals surface area contributed by atoms with Crippen LogP contribution in [0.15, 0.2) is 67.0 Å². The molecule has 8 heteroatoms. The molecular formula is C18H17N5O3. The van der Waals surface area contributed by atoms with Crippen molar-refractivity contribution in [1.82, 2.24) is 20.6 Å². The van der Waals surface area contributed by atoms with Gasteiger partial charge in [0.05, 0.1) is 5.69 Å². The fraction of sp³-hybridized carbons (Fsp3) is 0.0556. The van der Waals surface area contributed by atoms with Crippen molar-refractivity contribution < 1.29 is 14.8 Å². The number of nitrogen functional groups attached to an aromatic ring is 1. The van der Waals surface area contributed by atoms with Crippen molar-refractivity contribution in [3.05, 3.63) is 78.1 Å². The molecule has 3 rings (SSSR count). The molecule has 26 heavy (non-hydrogen) atoms. The number of amides is 2. The second-order valence-corrected chi connectivity index (χ2v) is 5.55. The Hall–Kier alpha value is -3.65. The van der Waals surface area contributed by atoms with Crippen LogP contribution < -0.4 is 16.5 Å². The van der Waals surface area contributed by atoms with Crippen molar-refractivity contribution in [2.24, 2.45) is 0 Å². The Kier molecular flexibility index (Phi) is 4.95. The van der Waals surface area contributed by atoms with Crippen molar-refractivity contribution in [3.63, 3.8) is 0 Å². The number of benzene rings is 2. The quantitative estimate of drug-likeness (QED) is 0.315. The van der Waals surface area contributed by atoms with E-state index in [9.17, 15) is 9.59 Å². The summed E-state index contributed by atoms with van der Waals surface area (Å²) in [5.41, 5.74) is 9.37. The highest BCUT2D eigenvalue weighted by molar-refractivity contribution is 5.97. The van der Waals surface area contributed by atoms with E-state index in [0.29, 0.717) is 16.8 Å². The molecule has 0 bridgehead atoms. The van der Waals surface area contributed by atoms with Crippen LogP contribution in [0.25, 0.3) is 5.69 Å². The van der Waals surface area contributed by atoms with E-state index in [0.717, 1.165) is 5.69 Å². The van der Waals surface area contributed by atoms with Gasteiger partial charge in [0, 0.05) is 23.6 Å². The molecule has 0 unspecified atom stereocenters. The highest BCUT2D eigenvalue weighted by atomic mass is 16.5. The molecule has 1 atom stereocenters. The lowest BCUT2D eigenvalue weighted by molar-refractivity contribution is -0.131. The zero-order chi connectivity index (χ0) is 18.5.